The molecule has 1 atom stereocenters. The van der Waals surface area contributed by atoms with Crippen molar-refractivity contribution in [3.63, 3.8) is 0 Å². The molecule has 98 valence electrons. The highest BCUT2D eigenvalue weighted by atomic mass is 16.5. The topological polar surface area (TPSA) is 105 Å². The normalized spacial score (nSPS) is 11.7. The Kier molecular flexibility index (Phi) is 4.53. The Balaban J connectivity index is 2.88. The molecule has 0 saturated carbocycles. The Morgan fingerprint density at radius 1 is 1.33 bits per heavy atom. The quantitative estimate of drug-likeness (QED) is 0.592. The lowest BCUT2D eigenvalue weighted by Crippen LogP contribution is -2.30. The Morgan fingerprint density at radius 3 is 2.56 bits per heavy atom. The van der Waals surface area contributed by atoms with Crippen LogP contribution in [0.3, 0.4) is 0 Å². The van der Waals surface area contributed by atoms with E-state index in [0.29, 0.717) is 18.0 Å². The molecule has 1 aromatic carbocycles. The number of amides is 1. The van der Waals surface area contributed by atoms with Crippen LogP contribution in [-0.2, 0) is 9.53 Å². The molecule has 0 fully saturated rings. The molecule has 0 bridgehead atoms. The highest BCUT2D eigenvalue weighted by Gasteiger charge is 2.17. The molecule has 1 unspecified atom stereocenters. The smallest absolute Gasteiger partial charge is 0.339 e. The lowest BCUT2D eigenvalue weighted by Gasteiger charge is -2.11. The van der Waals surface area contributed by atoms with Gasteiger partial charge in [-0.25, -0.2) is 4.79 Å². The number of anilines is 1. The van der Waals surface area contributed by atoms with Crippen molar-refractivity contribution in [3.8, 4) is 5.75 Å². The van der Waals surface area contributed by atoms with E-state index in [4.69, 9.17) is 20.9 Å². The highest BCUT2D eigenvalue weighted by molar-refractivity contribution is 5.93. The number of benzene rings is 1. The van der Waals surface area contributed by atoms with E-state index in [1.807, 2.05) is 6.92 Å². The minimum atomic E-state index is -0.991. The van der Waals surface area contributed by atoms with E-state index < -0.39 is 18.0 Å². The molecule has 6 heteroatoms. The number of rotatable bonds is 5. The molecule has 0 aromatic heterocycles. The number of nitrogen functional groups attached to an aromatic ring is 1. The lowest BCUT2D eigenvalue weighted by molar-refractivity contribution is -0.125. The van der Waals surface area contributed by atoms with E-state index in [2.05, 4.69) is 0 Å². The standard InChI is InChI=1S/C12H16N2O4/c1-3-17-10-5-8(4-9(13)6-10)12(16)18-7(2)11(14)15/h4-7H,3,13H2,1-2H3,(H2,14,15). The van der Waals surface area contributed by atoms with Gasteiger partial charge >= 0.3 is 5.97 Å². The molecular formula is C12H16N2O4. The van der Waals surface area contributed by atoms with Crippen LogP contribution in [0.15, 0.2) is 18.2 Å². The molecule has 4 N–H and O–H groups in total. The van der Waals surface area contributed by atoms with Crippen LogP contribution in [-0.4, -0.2) is 24.6 Å². The van der Waals surface area contributed by atoms with Gasteiger partial charge in [-0.15, -0.1) is 0 Å². The molecule has 0 spiro atoms. The van der Waals surface area contributed by atoms with Crippen LogP contribution in [0.25, 0.3) is 0 Å². The summed E-state index contributed by atoms with van der Waals surface area (Å²) in [6, 6.07) is 4.53. The number of primary amides is 1. The second-order valence-electron chi connectivity index (χ2n) is 3.67. The van der Waals surface area contributed by atoms with Crippen molar-refractivity contribution < 1.29 is 19.1 Å². The third kappa shape index (κ3) is 3.65. The average Bonchev–Trinajstić information content (AvgIpc) is 2.28. The van der Waals surface area contributed by atoms with Crippen LogP contribution in [0.1, 0.15) is 24.2 Å². The molecule has 1 amide bonds. The number of carbonyl (C=O) groups is 2. The predicted molar refractivity (Wildman–Crippen MR) is 66.1 cm³/mol. The summed E-state index contributed by atoms with van der Waals surface area (Å²) in [5.74, 6) is -0.914. The first-order valence-corrected chi connectivity index (χ1v) is 5.47. The number of hydrogen-bond donors (Lipinski definition) is 2. The molecule has 6 nitrogen and oxygen atoms in total. The summed E-state index contributed by atoms with van der Waals surface area (Å²) >= 11 is 0. The number of esters is 1. The molecule has 0 heterocycles. The maximum Gasteiger partial charge on any atom is 0.339 e. The fourth-order valence-electron chi connectivity index (χ4n) is 1.28. The maximum atomic E-state index is 11.7. The van der Waals surface area contributed by atoms with Gasteiger partial charge in [0.05, 0.1) is 12.2 Å². The zero-order valence-electron chi connectivity index (χ0n) is 10.3. The number of hydrogen-bond acceptors (Lipinski definition) is 5. The van der Waals surface area contributed by atoms with Crippen LogP contribution < -0.4 is 16.2 Å². The molecule has 1 aromatic rings. The predicted octanol–water partition coefficient (Wildman–Crippen LogP) is 0.698. The van der Waals surface area contributed by atoms with E-state index >= 15 is 0 Å². The van der Waals surface area contributed by atoms with Gasteiger partial charge in [0.15, 0.2) is 6.10 Å². The van der Waals surface area contributed by atoms with Gasteiger partial charge in [0.25, 0.3) is 5.91 Å². The van der Waals surface area contributed by atoms with Crippen LogP contribution in [0.4, 0.5) is 5.69 Å². The van der Waals surface area contributed by atoms with Crippen molar-refractivity contribution in [2.75, 3.05) is 12.3 Å². The Bertz CT molecular complexity index is 459. The van der Waals surface area contributed by atoms with Crippen LogP contribution in [0.5, 0.6) is 5.75 Å². The summed E-state index contributed by atoms with van der Waals surface area (Å²) < 4.78 is 10.1. The van der Waals surface area contributed by atoms with E-state index in [1.54, 1.807) is 6.07 Å². The summed E-state index contributed by atoms with van der Waals surface area (Å²) in [5, 5.41) is 0. The minimum absolute atomic E-state index is 0.214. The molecule has 0 saturated heterocycles. The monoisotopic (exact) mass is 252 g/mol. The Morgan fingerprint density at radius 2 is 2.00 bits per heavy atom. The van der Waals surface area contributed by atoms with Gasteiger partial charge in [0.2, 0.25) is 0 Å². The first-order valence-electron chi connectivity index (χ1n) is 5.47. The van der Waals surface area contributed by atoms with E-state index in [1.165, 1.54) is 19.1 Å². The highest BCUT2D eigenvalue weighted by Crippen LogP contribution is 2.20. The summed E-state index contributed by atoms with van der Waals surface area (Å²) in [6.45, 7) is 3.67. The zero-order chi connectivity index (χ0) is 13.7. The summed E-state index contributed by atoms with van der Waals surface area (Å²) in [6.07, 6.45) is -0.991. The van der Waals surface area contributed by atoms with E-state index in [9.17, 15) is 9.59 Å². The summed E-state index contributed by atoms with van der Waals surface area (Å²) in [5.41, 5.74) is 11.2. The average molecular weight is 252 g/mol. The zero-order valence-corrected chi connectivity index (χ0v) is 10.3. The van der Waals surface area contributed by atoms with Gasteiger partial charge in [-0.3, -0.25) is 4.79 Å². The maximum absolute atomic E-state index is 11.7. The molecule has 18 heavy (non-hydrogen) atoms. The van der Waals surface area contributed by atoms with E-state index in [-0.39, 0.29) is 5.56 Å². The fourth-order valence-corrected chi connectivity index (χ4v) is 1.28. The van der Waals surface area contributed by atoms with Crippen LogP contribution in [0.2, 0.25) is 0 Å². The van der Waals surface area contributed by atoms with Crippen molar-refractivity contribution in [3.05, 3.63) is 23.8 Å². The largest absolute Gasteiger partial charge is 0.494 e. The second-order valence-corrected chi connectivity index (χ2v) is 3.67. The van der Waals surface area contributed by atoms with Gasteiger partial charge in [-0.05, 0) is 26.0 Å². The molecule has 1 rings (SSSR count). The van der Waals surface area contributed by atoms with E-state index in [0.717, 1.165) is 0 Å². The van der Waals surface area contributed by atoms with Crippen molar-refractivity contribution in [1.29, 1.82) is 0 Å². The van der Waals surface area contributed by atoms with Crippen molar-refractivity contribution in [2.24, 2.45) is 5.73 Å². The van der Waals surface area contributed by atoms with Gasteiger partial charge in [0, 0.05) is 11.8 Å². The van der Waals surface area contributed by atoms with Crippen molar-refractivity contribution >= 4 is 17.6 Å². The van der Waals surface area contributed by atoms with Crippen LogP contribution >= 0.6 is 0 Å². The van der Waals surface area contributed by atoms with Gasteiger partial charge < -0.3 is 20.9 Å². The summed E-state index contributed by atoms with van der Waals surface area (Å²) in [4.78, 5) is 22.5. The summed E-state index contributed by atoms with van der Waals surface area (Å²) in [7, 11) is 0. The number of ether oxygens (including phenoxy) is 2. The first kappa shape index (κ1) is 13.8. The van der Waals surface area contributed by atoms with Gasteiger partial charge in [-0.2, -0.15) is 0 Å². The Hall–Kier alpha value is -2.24. The number of nitrogens with two attached hydrogens (primary N) is 2. The Labute approximate surface area is 105 Å². The SMILES string of the molecule is CCOc1cc(N)cc(C(=O)OC(C)C(N)=O)c1. The molecule has 0 radical (unpaired) electrons. The fraction of sp³-hybridized carbons (Fsp3) is 0.333. The van der Waals surface area contributed by atoms with Gasteiger partial charge in [0.1, 0.15) is 5.75 Å². The van der Waals surface area contributed by atoms with Crippen LogP contribution in [0, 0.1) is 0 Å². The lowest BCUT2D eigenvalue weighted by atomic mass is 10.2. The molecule has 0 aliphatic carbocycles. The molecule has 0 aliphatic rings. The third-order valence-corrected chi connectivity index (χ3v) is 2.16. The molecular weight excluding hydrogens is 236 g/mol. The second kappa shape index (κ2) is 5.90. The minimum Gasteiger partial charge on any atom is -0.494 e. The van der Waals surface area contributed by atoms with Gasteiger partial charge in [-0.1, -0.05) is 0 Å². The van der Waals surface area contributed by atoms with Crippen molar-refractivity contribution in [2.45, 2.75) is 20.0 Å². The number of carbonyl (C=O) groups excluding carboxylic acids is 2. The third-order valence-electron chi connectivity index (χ3n) is 2.16. The molecule has 0 aliphatic heterocycles. The first-order chi connectivity index (χ1) is 8.43. The van der Waals surface area contributed by atoms with Crippen molar-refractivity contribution in [1.82, 2.24) is 0 Å².